The molecule has 1 aliphatic rings. The first-order valence-electron chi connectivity index (χ1n) is 8.62. The van der Waals surface area contributed by atoms with E-state index < -0.39 is 0 Å². The van der Waals surface area contributed by atoms with Gasteiger partial charge < -0.3 is 19.8 Å². The maximum atomic E-state index is 12.4. The molecule has 0 radical (unpaired) electrons. The van der Waals surface area contributed by atoms with Crippen LogP contribution >= 0.6 is 11.3 Å². The van der Waals surface area contributed by atoms with E-state index in [-0.39, 0.29) is 23.5 Å². The summed E-state index contributed by atoms with van der Waals surface area (Å²) in [4.78, 5) is 24.9. The van der Waals surface area contributed by atoms with Gasteiger partial charge in [-0.3, -0.25) is 9.59 Å². The first-order chi connectivity index (χ1) is 13.2. The van der Waals surface area contributed by atoms with Gasteiger partial charge in [-0.25, -0.2) is 0 Å². The maximum Gasteiger partial charge on any atom is 0.291 e. The van der Waals surface area contributed by atoms with Crippen molar-refractivity contribution in [3.8, 4) is 5.75 Å². The molecule has 1 aromatic carbocycles. The zero-order chi connectivity index (χ0) is 18.6. The van der Waals surface area contributed by atoms with E-state index >= 15 is 0 Å². The normalized spacial score (nSPS) is 15.5. The molecule has 3 aromatic rings. The third-order valence-corrected chi connectivity index (χ3v) is 5.32. The van der Waals surface area contributed by atoms with Gasteiger partial charge in [0, 0.05) is 12.5 Å². The average molecular weight is 382 g/mol. The van der Waals surface area contributed by atoms with Crippen molar-refractivity contribution in [3.63, 3.8) is 0 Å². The Balaban J connectivity index is 1.30. The summed E-state index contributed by atoms with van der Waals surface area (Å²) in [5, 5.41) is 6.27. The Labute approximate surface area is 160 Å². The number of carbonyl (C=O) groups is 2. The number of benzene rings is 1. The SMILES string of the molecule is O=C(Nc1ccc(C(=O)NCC2COc3ccccc3C2)s1)c1ccco1. The van der Waals surface area contributed by atoms with Crippen LogP contribution in [0.4, 0.5) is 5.00 Å². The second-order valence-electron chi connectivity index (χ2n) is 6.29. The predicted octanol–water partition coefficient (Wildman–Crippen LogP) is 3.57. The molecule has 0 bridgehead atoms. The number of rotatable bonds is 5. The van der Waals surface area contributed by atoms with Crippen LogP contribution in [0.15, 0.2) is 59.2 Å². The van der Waals surface area contributed by atoms with E-state index in [9.17, 15) is 9.59 Å². The van der Waals surface area contributed by atoms with Crippen LogP contribution in [-0.2, 0) is 6.42 Å². The molecule has 7 heteroatoms. The third-order valence-electron chi connectivity index (χ3n) is 4.32. The summed E-state index contributed by atoms with van der Waals surface area (Å²) >= 11 is 1.22. The highest BCUT2D eigenvalue weighted by molar-refractivity contribution is 7.18. The molecule has 2 N–H and O–H groups in total. The molecule has 3 heterocycles. The van der Waals surface area contributed by atoms with E-state index in [0.29, 0.717) is 23.0 Å². The number of carbonyl (C=O) groups excluding carboxylic acids is 2. The molecule has 1 unspecified atom stereocenters. The van der Waals surface area contributed by atoms with Crippen molar-refractivity contribution in [2.24, 2.45) is 5.92 Å². The summed E-state index contributed by atoms with van der Waals surface area (Å²) in [7, 11) is 0. The molecule has 0 saturated heterocycles. The van der Waals surface area contributed by atoms with Gasteiger partial charge in [-0.05, 0) is 42.3 Å². The van der Waals surface area contributed by atoms with E-state index in [4.69, 9.17) is 9.15 Å². The fourth-order valence-electron chi connectivity index (χ4n) is 2.95. The molecule has 1 atom stereocenters. The van der Waals surface area contributed by atoms with Gasteiger partial charge in [0.1, 0.15) is 5.75 Å². The summed E-state index contributed by atoms with van der Waals surface area (Å²) in [6, 6.07) is 14.6. The van der Waals surface area contributed by atoms with Gasteiger partial charge in [0.25, 0.3) is 11.8 Å². The predicted molar refractivity (Wildman–Crippen MR) is 102 cm³/mol. The first-order valence-corrected chi connectivity index (χ1v) is 9.44. The van der Waals surface area contributed by atoms with E-state index in [1.54, 1.807) is 24.3 Å². The van der Waals surface area contributed by atoms with Crippen LogP contribution in [0, 0.1) is 5.92 Å². The number of hydrogen-bond acceptors (Lipinski definition) is 5. The molecule has 138 valence electrons. The lowest BCUT2D eigenvalue weighted by Gasteiger charge is -2.25. The van der Waals surface area contributed by atoms with Gasteiger partial charge >= 0.3 is 0 Å². The number of ether oxygens (including phenoxy) is 1. The maximum absolute atomic E-state index is 12.4. The third kappa shape index (κ3) is 4.03. The Morgan fingerprint density at radius 2 is 1.96 bits per heavy atom. The van der Waals surface area contributed by atoms with Gasteiger partial charge in [0.15, 0.2) is 5.76 Å². The van der Waals surface area contributed by atoms with Crippen molar-refractivity contribution >= 4 is 28.2 Å². The minimum Gasteiger partial charge on any atom is -0.493 e. The van der Waals surface area contributed by atoms with Gasteiger partial charge in [-0.15, -0.1) is 11.3 Å². The van der Waals surface area contributed by atoms with Crippen LogP contribution in [-0.4, -0.2) is 25.0 Å². The molecule has 4 rings (SSSR count). The fraction of sp³-hybridized carbons (Fsp3) is 0.200. The minimum atomic E-state index is -0.341. The smallest absolute Gasteiger partial charge is 0.291 e. The van der Waals surface area contributed by atoms with Crippen molar-refractivity contribution in [1.29, 1.82) is 0 Å². The lowest BCUT2D eigenvalue weighted by Crippen LogP contribution is -2.34. The van der Waals surface area contributed by atoms with Gasteiger partial charge in [-0.1, -0.05) is 18.2 Å². The van der Waals surface area contributed by atoms with Gasteiger partial charge in [0.05, 0.1) is 22.7 Å². The van der Waals surface area contributed by atoms with Crippen LogP contribution in [0.2, 0.25) is 0 Å². The number of para-hydroxylation sites is 1. The standard InChI is InChI=1S/C20H18N2O4S/c23-19(16-6-3-9-25-16)22-18-8-7-17(27-18)20(24)21-11-13-10-14-4-1-2-5-15(14)26-12-13/h1-9,13H,10-12H2,(H,21,24)(H,22,23). The van der Waals surface area contributed by atoms with E-state index in [2.05, 4.69) is 16.7 Å². The zero-order valence-corrected chi connectivity index (χ0v) is 15.3. The van der Waals surface area contributed by atoms with Crippen LogP contribution < -0.4 is 15.4 Å². The number of anilines is 1. The van der Waals surface area contributed by atoms with Crippen LogP contribution in [0.25, 0.3) is 0 Å². The molecule has 0 saturated carbocycles. The fourth-order valence-corrected chi connectivity index (χ4v) is 3.77. The molecule has 2 amide bonds. The molecular formula is C20H18N2O4S. The van der Waals surface area contributed by atoms with E-state index in [0.717, 1.165) is 12.2 Å². The van der Waals surface area contributed by atoms with Gasteiger partial charge in [-0.2, -0.15) is 0 Å². The van der Waals surface area contributed by atoms with Crippen molar-refractivity contribution in [1.82, 2.24) is 5.32 Å². The number of amides is 2. The molecule has 0 aliphatic carbocycles. The lowest BCUT2D eigenvalue weighted by molar-refractivity contribution is 0.0942. The molecule has 0 spiro atoms. The Hall–Kier alpha value is -3.06. The van der Waals surface area contributed by atoms with Crippen molar-refractivity contribution in [3.05, 3.63) is 71.0 Å². The topological polar surface area (TPSA) is 80.6 Å². The molecule has 0 fully saturated rings. The number of furan rings is 1. The minimum absolute atomic E-state index is 0.155. The van der Waals surface area contributed by atoms with E-state index in [1.807, 2.05) is 18.2 Å². The highest BCUT2D eigenvalue weighted by Gasteiger charge is 2.21. The lowest BCUT2D eigenvalue weighted by atomic mass is 9.97. The summed E-state index contributed by atoms with van der Waals surface area (Å²) in [5.41, 5.74) is 1.17. The summed E-state index contributed by atoms with van der Waals surface area (Å²) < 4.78 is 10.8. The number of thiophene rings is 1. The highest BCUT2D eigenvalue weighted by atomic mass is 32.1. The molecule has 1 aliphatic heterocycles. The monoisotopic (exact) mass is 382 g/mol. The Bertz CT molecular complexity index is 949. The summed E-state index contributed by atoms with van der Waals surface area (Å²) in [6.45, 7) is 1.13. The molecule has 27 heavy (non-hydrogen) atoms. The molecule has 6 nitrogen and oxygen atoms in total. The largest absolute Gasteiger partial charge is 0.493 e. The second kappa shape index (κ2) is 7.67. The van der Waals surface area contributed by atoms with Crippen LogP contribution in [0.3, 0.4) is 0 Å². The Morgan fingerprint density at radius 1 is 1.07 bits per heavy atom. The van der Waals surface area contributed by atoms with Crippen molar-refractivity contribution < 1.29 is 18.7 Å². The number of nitrogens with one attached hydrogen (secondary N) is 2. The Kier molecular flexibility index (Phi) is 4.93. The van der Waals surface area contributed by atoms with Crippen LogP contribution in [0.5, 0.6) is 5.75 Å². The number of fused-ring (bicyclic) bond motifs is 1. The summed E-state index contributed by atoms with van der Waals surface area (Å²) in [5.74, 6) is 0.897. The average Bonchev–Trinajstić information content (AvgIpc) is 3.38. The van der Waals surface area contributed by atoms with E-state index in [1.165, 1.54) is 23.2 Å². The summed E-state index contributed by atoms with van der Waals surface area (Å²) in [6.07, 6.45) is 2.32. The van der Waals surface area contributed by atoms with Gasteiger partial charge in [0.2, 0.25) is 0 Å². The zero-order valence-electron chi connectivity index (χ0n) is 14.4. The Morgan fingerprint density at radius 3 is 2.81 bits per heavy atom. The van der Waals surface area contributed by atoms with Crippen molar-refractivity contribution in [2.75, 3.05) is 18.5 Å². The molecule has 2 aromatic heterocycles. The van der Waals surface area contributed by atoms with Crippen LogP contribution in [0.1, 0.15) is 25.8 Å². The quantitative estimate of drug-likeness (QED) is 0.707. The second-order valence-corrected chi connectivity index (χ2v) is 7.38. The van der Waals surface area contributed by atoms with Crippen molar-refractivity contribution in [2.45, 2.75) is 6.42 Å². The first kappa shape index (κ1) is 17.4. The number of hydrogen-bond donors (Lipinski definition) is 2. The molecular weight excluding hydrogens is 364 g/mol. The highest BCUT2D eigenvalue weighted by Crippen LogP contribution is 2.27.